The number of alkyl halides is 3. The molecule has 0 radical (unpaired) electrons. The first-order chi connectivity index (χ1) is 13.6. The third-order valence-electron chi connectivity index (χ3n) is 5.29. The Balaban J connectivity index is 1.70. The second-order valence-electron chi connectivity index (χ2n) is 7.45. The molecular formula is C18H24F3N3O4S. The van der Waals surface area contributed by atoms with Crippen LogP contribution < -0.4 is 0 Å². The summed E-state index contributed by atoms with van der Waals surface area (Å²) in [4.78, 5) is 32.1. The Kier molecular flexibility index (Phi) is 6.49. The number of aromatic nitrogens is 1. The number of likely N-dealkylation sites (tertiary alicyclic amines) is 1. The Morgan fingerprint density at radius 1 is 1.28 bits per heavy atom. The molecule has 1 aromatic rings. The molecule has 7 nitrogen and oxygen atoms in total. The number of nitrogens with zero attached hydrogens (tertiary/aromatic N) is 3. The van der Waals surface area contributed by atoms with Gasteiger partial charge in [-0.25, -0.2) is 4.98 Å². The molecular weight excluding hydrogens is 411 g/mol. The second kappa shape index (κ2) is 8.57. The van der Waals surface area contributed by atoms with Crippen molar-refractivity contribution >= 4 is 23.2 Å². The van der Waals surface area contributed by atoms with E-state index >= 15 is 0 Å². The number of aryl methyl sites for hydroxylation is 1. The van der Waals surface area contributed by atoms with E-state index in [1.165, 1.54) is 17.2 Å². The topological polar surface area (TPSA) is 83.0 Å². The van der Waals surface area contributed by atoms with Crippen molar-refractivity contribution in [2.24, 2.45) is 5.92 Å². The van der Waals surface area contributed by atoms with E-state index in [0.717, 1.165) is 0 Å². The summed E-state index contributed by atoms with van der Waals surface area (Å²) < 4.78 is 46.2. The summed E-state index contributed by atoms with van der Waals surface area (Å²) >= 11 is 0.672. The quantitative estimate of drug-likeness (QED) is 0.778. The van der Waals surface area contributed by atoms with E-state index in [0.29, 0.717) is 56.2 Å². The van der Waals surface area contributed by atoms with Crippen molar-refractivity contribution < 1.29 is 32.6 Å². The van der Waals surface area contributed by atoms with Gasteiger partial charge in [0.2, 0.25) is 17.4 Å². The summed E-state index contributed by atoms with van der Waals surface area (Å²) in [5.74, 6) is -1.39. The van der Waals surface area contributed by atoms with Gasteiger partial charge in [-0.15, -0.1) is 11.3 Å². The summed E-state index contributed by atoms with van der Waals surface area (Å²) in [7, 11) is 0. The molecule has 2 saturated heterocycles. The second-order valence-corrected chi connectivity index (χ2v) is 8.30. The molecule has 2 unspecified atom stereocenters. The minimum atomic E-state index is -5.05. The molecule has 2 amide bonds. The van der Waals surface area contributed by atoms with Gasteiger partial charge in [-0.1, -0.05) is 0 Å². The van der Waals surface area contributed by atoms with E-state index < -0.39 is 35.0 Å². The largest absolute Gasteiger partial charge is 0.424 e. The number of thiazole rings is 1. The van der Waals surface area contributed by atoms with Gasteiger partial charge in [-0.3, -0.25) is 9.59 Å². The zero-order chi connectivity index (χ0) is 21.2. The predicted octanol–water partition coefficient (Wildman–Crippen LogP) is 1.69. The SMILES string of the molecule is Cc1csc(C(O)(CC(=O)N2CCCC(C(=O)N3CCOCC3)C2)C(F)(F)F)n1. The van der Waals surface area contributed by atoms with Crippen LogP contribution in [0.4, 0.5) is 13.2 Å². The summed E-state index contributed by atoms with van der Waals surface area (Å²) in [6.07, 6.45) is -5.10. The smallest absolute Gasteiger partial charge is 0.378 e. The summed E-state index contributed by atoms with van der Waals surface area (Å²) in [5.41, 5.74) is -3.00. The number of morpholine rings is 1. The molecule has 0 bridgehead atoms. The van der Waals surface area contributed by atoms with Crippen LogP contribution in [0.3, 0.4) is 0 Å². The molecule has 0 aromatic carbocycles. The molecule has 0 aliphatic carbocycles. The number of hydrogen-bond acceptors (Lipinski definition) is 6. The standard InChI is InChI=1S/C18H24F3N3O4S/c1-12-11-29-16(22-12)17(27,18(19,20)21)9-14(25)24-4-2-3-13(10-24)15(26)23-5-7-28-8-6-23/h11,13,27H,2-10H2,1H3. The van der Waals surface area contributed by atoms with Crippen LogP contribution >= 0.6 is 11.3 Å². The van der Waals surface area contributed by atoms with Crippen LogP contribution in [-0.4, -0.2) is 77.3 Å². The Labute approximate surface area is 170 Å². The highest BCUT2D eigenvalue weighted by atomic mass is 32.1. The number of rotatable bonds is 4. The lowest BCUT2D eigenvalue weighted by molar-refractivity contribution is -0.268. The van der Waals surface area contributed by atoms with E-state index in [9.17, 15) is 27.9 Å². The first-order valence-electron chi connectivity index (χ1n) is 9.48. The minimum absolute atomic E-state index is 0.0554. The van der Waals surface area contributed by atoms with Crippen LogP contribution in [-0.2, 0) is 19.9 Å². The van der Waals surface area contributed by atoms with Crippen molar-refractivity contribution in [3.8, 4) is 0 Å². The molecule has 2 aliphatic rings. The maximum Gasteiger partial charge on any atom is 0.424 e. The molecule has 162 valence electrons. The van der Waals surface area contributed by atoms with E-state index in [1.807, 2.05) is 0 Å². The summed E-state index contributed by atoms with van der Waals surface area (Å²) in [5, 5.41) is 11.2. The van der Waals surface area contributed by atoms with Crippen molar-refractivity contribution in [1.82, 2.24) is 14.8 Å². The highest BCUT2D eigenvalue weighted by molar-refractivity contribution is 7.09. The number of amides is 2. The Morgan fingerprint density at radius 2 is 1.97 bits per heavy atom. The molecule has 0 saturated carbocycles. The molecule has 3 heterocycles. The van der Waals surface area contributed by atoms with Crippen molar-refractivity contribution in [2.45, 2.75) is 38.0 Å². The maximum atomic E-state index is 13.6. The maximum absolute atomic E-state index is 13.6. The highest BCUT2D eigenvalue weighted by Crippen LogP contribution is 2.43. The Morgan fingerprint density at radius 3 is 2.55 bits per heavy atom. The zero-order valence-corrected chi connectivity index (χ0v) is 16.9. The first kappa shape index (κ1) is 22.0. The molecule has 1 aromatic heterocycles. The van der Waals surface area contributed by atoms with Crippen molar-refractivity contribution in [3.63, 3.8) is 0 Å². The van der Waals surface area contributed by atoms with Gasteiger partial charge in [0, 0.05) is 37.3 Å². The van der Waals surface area contributed by atoms with Crippen molar-refractivity contribution in [2.75, 3.05) is 39.4 Å². The lowest BCUT2D eigenvalue weighted by Crippen LogP contribution is -2.52. The summed E-state index contributed by atoms with van der Waals surface area (Å²) in [6.45, 7) is 3.68. The van der Waals surface area contributed by atoms with E-state index in [-0.39, 0.29) is 19.0 Å². The molecule has 3 rings (SSSR count). The van der Waals surface area contributed by atoms with E-state index in [1.54, 1.807) is 4.90 Å². The minimum Gasteiger partial charge on any atom is -0.378 e. The molecule has 11 heteroatoms. The van der Waals surface area contributed by atoms with Gasteiger partial charge in [-0.05, 0) is 19.8 Å². The van der Waals surface area contributed by atoms with Gasteiger partial charge in [0.25, 0.3) is 0 Å². The lowest BCUT2D eigenvalue weighted by Gasteiger charge is -2.37. The zero-order valence-electron chi connectivity index (χ0n) is 16.1. The first-order valence-corrected chi connectivity index (χ1v) is 10.4. The van der Waals surface area contributed by atoms with Gasteiger partial charge >= 0.3 is 6.18 Å². The van der Waals surface area contributed by atoms with Crippen LogP contribution in [0, 0.1) is 12.8 Å². The molecule has 2 aliphatic heterocycles. The number of hydrogen-bond donors (Lipinski definition) is 1. The van der Waals surface area contributed by atoms with Crippen molar-refractivity contribution in [3.05, 3.63) is 16.1 Å². The fraction of sp³-hybridized carbons (Fsp3) is 0.722. The number of carbonyl (C=O) groups excluding carboxylic acids is 2. The molecule has 29 heavy (non-hydrogen) atoms. The van der Waals surface area contributed by atoms with Gasteiger partial charge in [-0.2, -0.15) is 13.2 Å². The van der Waals surface area contributed by atoms with E-state index in [2.05, 4.69) is 4.98 Å². The number of carbonyl (C=O) groups is 2. The van der Waals surface area contributed by atoms with Gasteiger partial charge in [0.15, 0.2) is 0 Å². The third-order valence-corrected chi connectivity index (χ3v) is 6.41. The van der Waals surface area contributed by atoms with Gasteiger partial charge in [0.05, 0.1) is 25.6 Å². The molecule has 2 fully saturated rings. The van der Waals surface area contributed by atoms with Gasteiger partial charge in [0.1, 0.15) is 5.01 Å². The molecule has 2 atom stereocenters. The fourth-order valence-corrected chi connectivity index (χ4v) is 4.53. The van der Waals surface area contributed by atoms with Crippen LogP contribution in [0.25, 0.3) is 0 Å². The summed E-state index contributed by atoms with van der Waals surface area (Å²) in [6, 6.07) is 0. The number of halogens is 3. The third kappa shape index (κ3) is 4.72. The molecule has 1 N–H and O–H groups in total. The number of ether oxygens (including phenoxy) is 1. The van der Waals surface area contributed by atoms with Gasteiger partial charge < -0.3 is 19.6 Å². The molecule has 0 spiro atoms. The normalized spacial score (nSPS) is 23.0. The van der Waals surface area contributed by atoms with E-state index in [4.69, 9.17) is 4.74 Å². The number of aliphatic hydroxyl groups is 1. The fourth-order valence-electron chi connectivity index (χ4n) is 3.62. The number of piperidine rings is 1. The van der Waals surface area contributed by atoms with Crippen LogP contribution in [0.15, 0.2) is 5.38 Å². The average molecular weight is 435 g/mol. The van der Waals surface area contributed by atoms with Crippen LogP contribution in [0.2, 0.25) is 0 Å². The van der Waals surface area contributed by atoms with Crippen molar-refractivity contribution in [1.29, 1.82) is 0 Å². The predicted molar refractivity (Wildman–Crippen MR) is 98.1 cm³/mol. The van der Waals surface area contributed by atoms with Crippen LogP contribution in [0.1, 0.15) is 30.0 Å². The Hall–Kier alpha value is -1.72. The highest BCUT2D eigenvalue weighted by Gasteiger charge is 2.58. The Bertz CT molecular complexity index is 751. The monoisotopic (exact) mass is 435 g/mol. The van der Waals surface area contributed by atoms with Crippen LogP contribution in [0.5, 0.6) is 0 Å². The lowest BCUT2D eigenvalue weighted by atomic mass is 9.94. The average Bonchev–Trinajstić information content (AvgIpc) is 3.14.